The second-order valence-electron chi connectivity index (χ2n) is 21.9. The highest BCUT2D eigenvalue weighted by Crippen LogP contribution is 2.05. The zero-order valence-electron chi connectivity index (χ0n) is 53.1. The number of aliphatic carboxylic acids is 8. The second kappa shape index (κ2) is 50.2. The summed E-state index contributed by atoms with van der Waals surface area (Å²) in [5.74, 6) is -5.01. The van der Waals surface area contributed by atoms with Crippen molar-refractivity contribution >= 4 is 71.4 Å². The molecular formula is C54H95N17O22-4. The first kappa shape index (κ1) is 83.7. The summed E-state index contributed by atoms with van der Waals surface area (Å²) >= 11 is 0. The van der Waals surface area contributed by atoms with E-state index >= 15 is 0 Å². The predicted octanol–water partition coefficient (Wildman–Crippen LogP) is -13.4. The molecule has 0 saturated carbocycles. The fraction of sp³-hybridized carbons (Fsp3) is 0.778. The van der Waals surface area contributed by atoms with Gasteiger partial charge in [-0.2, -0.15) is 4.91 Å². The molecule has 3 fully saturated rings. The van der Waals surface area contributed by atoms with Gasteiger partial charge in [-0.15, -0.1) is 0 Å². The lowest BCUT2D eigenvalue weighted by atomic mass is 10.3. The van der Waals surface area contributed by atoms with Crippen molar-refractivity contribution in [2.75, 3.05) is 255 Å². The number of carbonyl (C=O) groups excluding carboxylic acids is 8. The van der Waals surface area contributed by atoms with Crippen molar-refractivity contribution in [1.82, 2.24) is 75.2 Å². The molecule has 0 aromatic rings. The number of carboxylic acid groups (broad SMARTS) is 8. The summed E-state index contributed by atoms with van der Waals surface area (Å²) in [6, 6.07) is 0. The number of nitrogens with two attached hydrogens (primary N) is 1. The number of carbonyl (C=O) groups is 12. The van der Waals surface area contributed by atoms with Crippen LogP contribution in [-0.2, 0) is 62.4 Å². The second-order valence-corrected chi connectivity index (χ2v) is 21.9. The van der Waals surface area contributed by atoms with Crippen LogP contribution in [0.25, 0.3) is 0 Å². The molecule has 0 radical (unpaired) electrons. The van der Waals surface area contributed by atoms with Gasteiger partial charge in [-0.1, -0.05) is 5.18 Å². The van der Waals surface area contributed by atoms with Crippen LogP contribution in [0.4, 0.5) is 0 Å². The molecule has 532 valence electrons. The lowest BCUT2D eigenvalue weighted by Gasteiger charge is -2.33. The van der Waals surface area contributed by atoms with Crippen LogP contribution in [0.5, 0.6) is 0 Å². The number of nitroso groups, excluding NO2 is 1. The lowest BCUT2D eigenvalue weighted by Crippen LogP contribution is -2.50. The first-order valence-corrected chi connectivity index (χ1v) is 30.5. The largest absolute Gasteiger partial charge is 0.549 e. The van der Waals surface area contributed by atoms with Crippen LogP contribution < -0.4 is 47.6 Å². The Labute approximate surface area is 539 Å². The van der Waals surface area contributed by atoms with Crippen LogP contribution in [0.1, 0.15) is 19.8 Å². The van der Waals surface area contributed by atoms with E-state index in [1.54, 1.807) is 49.0 Å². The molecule has 93 heavy (non-hydrogen) atoms. The lowest BCUT2D eigenvalue weighted by molar-refractivity contribution is -0.308. The Morgan fingerprint density at radius 3 is 0.785 bits per heavy atom. The third-order valence-corrected chi connectivity index (χ3v) is 14.3. The van der Waals surface area contributed by atoms with Crippen molar-refractivity contribution in [1.29, 1.82) is 0 Å². The van der Waals surface area contributed by atoms with E-state index in [1.165, 1.54) is 0 Å². The minimum Gasteiger partial charge on any atom is -0.549 e. The molecule has 39 nitrogen and oxygen atoms in total. The van der Waals surface area contributed by atoms with Gasteiger partial charge in [-0.25, -0.2) is 5.90 Å². The van der Waals surface area contributed by atoms with E-state index in [9.17, 15) is 98.2 Å². The van der Waals surface area contributed by atoms with Crippen LogP contribution in [0.2, 0.25) is 0 Å². The Bertz CT molecular complexity index is 2230. The average molecular weight is 1330 g/mol. The van der Waals surface area contributed by atoms with Crippen molar-refractivity contribution in [2.45, 2.75) is 19.8 Å². The molecule has 3 aliphatic rings. The Kier molecular flexibility index (Phi) is 45.2. The molecule has 10 N–H and O–H groups in total. The Morgan fingerprint density at radius 2 is 0.570 bits per heavy atom. The summed E-state index contributed by atoms with van der Waals surface area (Å²) in [6.45, 7) is 8.88. The fourth-order valence-corrected chi connectivity index (χ4v) is 9.60. The van der Waals surface area contributed by atoms with Crippen LogP contribution in [0, 0.1) is 4.91 Å². The Morgan fingerprint density at radius 1 is 0.355 bits per heavy atom. The van der Waals surface area contributed by atoms with Crippen molar-refractivity contribution in [3.63, 3.8) is 0 Å². The number of nitrogens with zero attached hydrogens (tertiary/aromatic N) is 12. The average Bonchev–Trinajstić information content (AvgIpc) is 2.15. The maximum Gasteiger partial charge on any atom is 0.317 e. The van der Waals surface area contributed by atoms with Gasteiger partial charge in [-0.05, 0) is 13.3 Å². The molecule has 3 rings (SSSR count). The van der Waals surface area contributed by atoms with E-state index in [1.807, 2.05) is 11.8 Å². The van der Waals surface area contributed by atoms with Gasteiger partial charge >= 0.3 is 23.9 Å². The molecule has 0 aromatic carbocycles. The molecule has 3 saturated heterocycles. The topological polar surface area (TPSA) is 526 Å². The molecule has 0 bridgehead atoms. The minimum absolute atomic E-state index is 0.00695. The molecule has 0 unspecified atom stereocenters. The van der Waals surface area contributed by atoms with E-state index in [0.29, 0.717) is 98.0 Å². The van der Waals surface area contributed by atoms with Gasteiger partial charge in [0.1, 0.15) is 0 Å². The molecule has 0 aromatic heterocycles. The van der Waals surface area contributed by atoms with Crippen LogP contribution >= 0.6 is 0 Å². The normalized spacial score (nSPS) is 17.9. The summed E-state index contributed by atoms with van der Waals surface area (Å²) in [6.07, 6.45) is 0.733. The van der Waals surface area contributed by atoms with Crippen molar-refractivity contribution in [2.24, 2.45) is 11.1 Å². The molecule has 0 spiro atoms. The van der Waals surface area contributed by atoms with Gasteiger partial charge in [0, 0.05) is 203 Å². The number of carboxylic acids is 8. The van der Waals surface area contributed by atoms with E-state index in [4.69, 9.17) is 11.0 Å². The summed E-state index contributed by atoms with van der Waals surface area (Å²) in [5, 5.41) is 94.1. The number of hydrogen-bond donors (Lipinski definition) is 9. The molecule has 3 heterocycles. The Hall–Kier alpha value is -7.28. The molecular weight excluding hydrogens is 1240 g/mol. The molecule has 3 aliphatic heterocycles. The number of amides is 4. The number of hydrogen-bond acceptors (Lipinski definition) is 31. The first-order valence-electron chi connectivity index (χ1n) is 30.5. The number of rotatable bonds is 33. The maximum absolute atomic E-state index is 12.5. The van der Waals surface area contributed by atoms with Crippen molar-refractivity contribution in [3.8, 4) is 0 Å². The summed E-state index contributed by atoms with van der Waals surface area (Å²) in [5.41, 5.74) is 0. The standard InChI is InChI=1S/C22H41N7O9.C18H32N6O8.C14H26N4O5/c23-38-13-1-2-18(30)24-3-4-25-19(31)14-26-5-7-27(15-20(32)33)9-11-29(17-22(36)37)12-10-28(8-6-26)16-21(34)35;25-15(19-1-2-20-32)11-21-3-5-22(12-16(26)27)7-9-24(14-18(30)31)10-8-23(6-4-21)13-17(28)29;1-2-15-12(19)9-16-3-5-17(10-13(20)21)7-8-18(6-4-16)11-14(22)23/h1-17,23H2,(H,24,30)(H,25,31)(H,32,33)(H,34,35)(H,36,37);1-14H2,(H,19,25)(H,26,27)(H,28,29)(H,30,31);2-11H2,1H3,(H,15,19)(H,20,21)(H,22,23)/p-4. The quantitative estimate of drug-likeness (QED) is 0.0167. The molecule has 4 amide bonds. The Balaban J connectivity index is 0.000000718. The molecule has 39 heteroatoms. The highest BCUT2D eigenvalue weighted by Gasteiger charge is 2.24. The van der Waals surface area contributed by atoms with E-state index in [-0.39, 0.29) is 194 Å². The van der Waals surface area contributed by atoms with Gasteiger partial charge in [0.2, 0.25) is 23.6 Å². The van der Waals surface area contributed by atoms with Crippen molar-refractivity contribution in [3.05, 3.63) is 4.91 Å². The van der Waals surface area contributed by atoms with Gasteiger partial charge in [0.05, 0.1) is 82.8 Å². The van der Waals surface area contributed by atoms with Gasteiger partial charge in [-0.3, -0.25) is 92.3 Å². The highest BCUT2D eigenvalue weighted by molar-refractivity contribution is 5.79. The summed E-state index contributed by atoms with van der Waals surface area (Å²) in [4.78, 5) is 170. The monoisotopic (exact) mass is 1330 g/mol. The summed E-state index contributed by atoms with van der Waals surface area (Å²) in [7, 11) is 0. The minimum atomic E-state index is -1.27. The third kappa shape index (κ3) is 46.4. The molecule has 0 aliphatic carbocycles. The van der Waals surface area contributed by atoms with Gasteiger partial charge in [0.15, 0.2) is 0 Å². The van der Waals surface area contributed by atoms with Crippen LogP contribution in [0.3, 0.4) is 0 Å². The van der Waals surface area contributed by atoms with E-state index in [2.05, 4.69) is 31.3 Å². The predicted molar refractivity (Wildman–Crippen MR) is 319 cm³/mol. The van der Waals surface area contributed by atoms with Crippen molar-refractivity contribution < 1.29 is 103 Å². The van der Waals surface area contributed by atoms with Gasteiger partial charge < -0.3 is 86.1 Å². The third-order valence-electron chi connectivity index (χ3n) is 14.3. The van der Waals surface area contributed by atoms with Crippen LogP contribution in [0.15, 0.2) is 5.18 Å². The van der Waals surface area contributed by atoms with Crippen LogP contribution in [-0.4, -0.2) is 401 Å². The SMILES string of the molecule is CCNC(=O)CN1CCN(CC(=O)[O-])CCN(CC(=O)[O-])CC1.NOCCCC(=O)NCCNC(=O)CN1CCN(CC(=O)[O-])CCN(CC(=O)O)CCN(CC(=O)O)CC1.O=NCCNC(=O)CN1CCN(CC(=O)[O-])CCN(CC(=O)O)CCN(CC(=O)O)CC1. The number of nitrogens with one attached hydrogen (secondary N) is 4. The zero-order chi connectivity index (χ0) is 69.5. The molecule has 0 atom stereocenters. The maximum atomic E-state index is 12.5. The smallest absolute Gasteiger partial charge is 0.317 e. The van der Waals surface area contributed by atoms with E-state index in [0.717, 1.165) is 0 Å². The zero-order valence-corrected chi connectivity index (χ0v) is 53.1. The number of likely N-dealkylation sites (N-methyl/N-ethyl adjacent to an activating group) is 1. The first-order chi connectivity index (χ1) is 44.2. The fourth-order valence-electron chi connectivity index (χ4n) is 9.60. The summed E-state index contributed by atoms with van der Waals surface area (Å²) < 4.78 is 0. The van der Waals surface area contributed by atoms with E-state index < -0.39 is 47.8 Å². The van der Waals surface area contributed by atoms with Gasteiger partial charge in [0.25, 0.3) is 0 Å². The highest BCUT2D eigenvalue weighted by atomic mass is 16.6.